The number of para-hydroxylation sites is 1. The molecule has 0 aromatic heterocycles. The summed E-state index contributed by atoms with van der Waals surface area (Å²) < 4.78 is 16.0. The topological polar surface area (TPSA) is 85.9 Å². The summed E-state index contributed by atoms with van der Waals surface area (Å²) in [5.41, 5.74) is 0.878. The lowest BCUT2D eigenvalue weighted by Gasteiger charge is -2.23. The molecule has 2 amide bonds. The normalized spacial score (nSPS) is 11.5. The molecule has 0 spiro atoms. The van der Waals surface area contributed by atoms with Crippen molar-refractivity contribution in [2.75, 3.05) is 26.1 Å². The third-order valence-electron chi connectivity index (χ3n) is 4.33. The first-order valence-corrected chi connectivity index (χ1v) is 9.46. The Bertz CT molecular complexity index is 851. The Morgan fingerprint density at radius 2 is 1.72 bits per heavy atom. The van der Waals surface area contributed by atoms with E-state index < -0.39 is 6.04 Å². The van der Waals surface area contributed by atoms with Crippen molar-refractivity contribution in [3.05, 3.63) is 48.0 Å². The molecule has 7 heteroatoms. The predicted octanol–water partition coefficient (Wildman–Crippen LogP) is 3.50. The number of hydrogen-bond acceptors (Lipinski definition) is 5. The van der Waals surface area contributed by atoms with E-state index in [-0.39, 0.29) is 17.7 Å². The van der Waals surface area contributed by atoms with E-state index in [9.17, 15) is 9.59 Å². The van der Waals surface area contributed by atoms with Crippen LogP contribution in [0.25, 0.3) is 0 Å². The van der Waals surface area contributed by atoms with Gasteiger partial charge in [0.25, 0.3) is 5.91 Å². The largest absolute Gasteiger partial charge is 0.497 e. The van der Waals surface area contributed by atoms with Gasteiger partial charge < -0.3 is 24.8 Å². The number of anilines is 1. The molecule has 0 aliphatic heterocycles. The first-order valence-electron chi connectivity index (χ1n) is 9.46. The van der Waals surface area contributed by atoms with Crippen LogP contribution in [0.3, 0.4) is 0 Å². The van der Waals surface area contributed by atoms with E-state index in [2.05, 4.69) is 10.6 Å². The molecule has 0 aliphatic carbocycles. The Labute approximate surface area is 171 Å². The molecule has 0 saturated heterocycles. The van der Waals surface area contributed by atoms with Crippen molar-refractivity contribution in [3.63, 3.8) is 0 Å². The molecule has 0 fully saturated rings. The Kier molecular flexibility index (Phi) is 7.88. The highest BCUT2D eigenvalue weighted by molar-refractivity contribution is 6.03. The molecule has 0 heterocycles. The van der Waals surface area contributed by atoms with Crippen LogP contribution in [0.2, 0.25) is 0 Å². The molecule has 2 aromatic rings. The smallest absolute Gasteiger partial charge is 0.255 e. The Morgan fingerprint density at radius 1 is 1.00 bits per heavy atom. The van der Waals surface area contributed by atoms with Crippen LogP contribution in [0.4, 0.5) is 5.69 Å². The van der Waals surface area contributed by atoms with Gasteiger partial charge in [0.2, 0.25) is 5.91 Å². The molecule has 0 saturated carbocycles. The summed E-state index contributed by atoms with van der Waals surface area (Å²) in [6.45, 7) is 6.02. The van der Waals surface area contributed by atoms with Gasteiger partial charge in [-0.05, 0) is 37.1 Å². The zero-order valence-electron chi connectivity index (χ0n) is 17.4. The summed E-state index contributed by atoms with van der Waals surface area (Å²) in [4.78, 5) is 25.7. The summed E-state index contributed by atoms with van der Waals surface area (Å²) in [7, 11) is 3.06. The second kappa shape index (κ2) is 10.4. The van der Waals surface area contributed by atoms with Crippen LogP contribution in [0.15, 0.2) is 42.5 Å². The summed E-state index contributed by atoms with van der Waals surface area (Å²) in [6, 6.07) is 11.3. The van der Waals surface area contributed by atoms with Crippen molar-refractivity contribution in [1.82, 2.24) is 5.32 Å². The minimum atomic E-state index is -0.746. The average molecular weight is 400 g/mol. The van der Waals surface area contributed by atoms with Crippen LogP contribution in [-0.2, 0) is 4.79 Å². The summed E-state index contributed by atoms with van der Waals surface area (Å²) in [5, 5.41) is 5.64. The zero-order valence-corrected chi connectivity index (χ0v) is 17.4. The molecule has 2 N–H and O–H groups in total. The minimum Gasteiger partial charge on any atom is -0.497 e. The predicted molar refractivity (Wildman–Crippen MR) is 112 cm³/mol. The number of carbonyl (C=O) groups is 2. The molecular formula is C22H28N2O5. The second-order valence-corrected chi connectivity index (χ2v) is 6.68. The van der Waals surface area contributed by atoms with Crippen LogP contribution in [0.1, 0.15) is 31.1 Å². The maximum absolute atomic E-state index is 12.9. The highest BCUT2D eigenvalue weighted by Crippen LogP contribution is 2.29. The maximum Gasteiger partial charge on any atom is 0.255 e. The Morgan fingerprint density at radius 3 is 2.34 bits per heavy atom. The van der Waals surface area contributed by atoms with Gasteiger partial charge in [-0.15, -0.1) is 0 Å². The Hall–Kier alpha value is -3.22. The van der Waals surface area contributed by atoms with E-state index in [1.807, 2.05) is 20.8 Å². The zero-order chi connectivity index (χ0) is 21.4. The number of benzene rings is 2. The van der Waals surface area contributed by atoms with Crippen molar-refractivity contribution in [2.24, 2.45) is 5.92 Å². The standard InChI is InChI=1S/C22H28N2O5/c1-6-29-18-10-8-7-9-16(18)21(25)24-20(14(2)3)22(26)23-17-12-11-15(27-4)13-19(17)28-5/h7-14,20H,6H2,1-5H3,(H,23,26)(H,24,25). The van der Waals surface area contributed by atoms with Crippen LogP contribution < -0.4 is 24.8 Å². The van der Waals surface area contributed by atoms with E-state index in [4.69, 9.17) is 14.2 Å². The third kappa shape index (κ3) is 5.63. The fourth-order valence-corrected chi connectivity index (χ4v) is 2.80. The molecule has 29 heavy (non-hydrogen) atoms. The molecule has 7 nitrogen and oxygen atoms in total. The van der Waals surface area contributed by atoms with Gasteiger partial charge in [-0.3, -0.25) is 9.59 Å². The van der Waals surface area contributed by atoms with Gasteiger partial charge in [-0.25, -0.2) is 0 Å². The fourth-order valence-electron chi connectivity index (χ4n) is 2.80. The lowest BCUT2D eigenvalue weighted by Crippen LogP contribution is -2.47. The number of hydrogen-bond donors (Lipinski definition) is 2. The van der Waals surface area contributed by atoms with E-state index >= 15 is 0 Å². The molecule has 0 aliphatic rings. The monoisotopic (exact) mass is 400 g/mol. The molecule has 0 bridgehead atoms. The van der Waals surface area contributed by atoms with Crippen LogP contribution in [0, 0.1) is 5.92 Å². The Balaban J connectivity index is 2.20. The number of methoxy groups -OCH3 is 2. The first-order chi connectivity index (χ1) is 13.9. The quantitative estimate of drug-likeness (QED) is 0.673. The summed E-state index contributed by atoms with van der Waals surface area (Å²) in [5.74, 6) is 0.708. The van der Waals surface area contributed by atoms with Gasteiger partial charge in [0.1, 0.15) is 23.3 Å². The number of ether oxygens (including phenoxy) is 3. The molecule has 156 valence electrons. The molecule has 2 aromatic carbocycles. The van der Waals surface area contributed by atoms with Gasteiger partial charge >= 0.3 is 0 Å². The highest BCUT2D eigenvalue weighted by atomic mass is 16.5. The van der Waals surface area contributed by atoms with E-state index in [0.29, 0.717) is 35.1 Å². The van der Waals surface area contributed by atoms with Gasteiger partial charge in [-0.2, -0.15) is 0 Å². The lowest BCUT2D eigenvalue weighted by atomic mass is 10.0. The highest BCUT2D eigenvalue weighted by Gasteiger charge is 2.26. The third-order valence-corrected chi connectivity index (χ3v) is 4.33. The van der Waals surface area contributed by atoms with Crippen molar-refractivity contribution in [1.29, 1.82) is 0 Å². The van der Waals surface area contributed by atoms with Gasteiger partial charge in [-0.1, -0.05) is 26.0 Å². The van der Waals surface area contributed by atoms with E-state index in [0.717, 1.165) is 0 Å². The SMILES string of the molecule is CCOc1ccccc1C(=O)NC(C(=O)Nc1ccc(OC)cc1OC)C(C)C. The van der Waals surface area contributed by atoms with Crippen molar-refractivity contribution in [3.8, 4) is 17.2 Å². The number of carbonyl (C=O) groups excluding carboxylic acids is 2. The van der Waals surface area contributed by atoms with Crippen molar-refractivity contribution >= 4 is 17.5 Å². The molecule has 1 unspecified atom stereocenters. The maximum atomic E-state index is 12.9. The van der Waals surface area contributed by atoms with E-state index in [1.165, 1.54) is 7.11 Å². The number of rotatable bonds is 9. The number of amides is 2. The molecular weight excluding hydrogens is 372 g/mol. The fraction of sp³-hybridized carbons (Fsp3) is 0.364. The van der Waals surface area contributed by atoms with E-state index in [1.54, 1.807) is 49.6 Å². The molecule has 2 rings (SSSR count). The first kappa shape index (κ1) is 22.1. The molecule has 0 radical (unpaired) electrons. The number of nitrogens with one attached hydrogen (secondary N) is 2. The molecule has 1 atom stereocenters. The lowest BCUT2D eigenvalue weighted by molar-refractivity contribution is -0.118. The van der Waals surface area contributed by atoms with Crippen LogP contribution in [-0.4, -0.2) is 38.7 Å². The van der Waals surface area contributed by atoms with Gasteiger partial charge in [0, 0.05) is 6.07 Å². The minimum absolute atomic E-state index is 0.137. The van der Waals surface area contributed by atoms with Crippen molar-refractivity contribution in [2.45, 2.75) is 26.8 Å². The summed E-state index contributed by atoms with van der Waals surface area (Å²) >= 11 is 0. The van der Waals surface area contributed by atoms with Crippen LogP contribution in [0.5, 0.6) is 17.2 Å². The van der Waals surface area contributed by atoms with Crippen molar-refractivity contribution < 1.29 is 23.8 Å². The van der Waals surface area contributed by atoms with Gasteiger partial charge in [0.15, 0.2) is 0 Å². The van der Waals surface area contributed by atoms with Gasteiger partial charge in [0.05, 0.1) is 32.1 Å². The second-order valence-electron chi connectivity index (χ2n) is 6.68. The summed E-state index contributed by atoms with van der Waals surface area (Å²) in [6.07, 6.45) is 0. The average Bonchev–Trinajstić information content (AvgIpc) is 2.72. The van der Waals surface area contributed by atoms with Crippen LogP contribution >= 0.6 is 0 Å².